The first-order valence-corrected chi connectivity index (χ1v) is 9.35. The van der Waals surface area contributed by atoms with Gasteiger partial charge in [-0.15, -0.1) is 0 Å². The van der Waals surface area contributed by atoms with Gasteiger partial charge in [-0.05, 0) is 16.7 Å². The van der Waals surface area contributed by atoms with Crippen molar-refractivity contribution < 1.29 is 14.3 Å². The van der Waals surface area contributed by atoms with E-state index < -0.39 is 0 Å². The molecule has 0 saturated carbocycles. The van der Waals surface area contributed by atoms with E-state index in [1.807, 2.05) is 78.9 Å². The summed E-state index contributed by atoms with van der Waals surface area (Å²) in [5.41, 5.74) is 3.55. The lowest BCUT2D eigenvalue weighted by Crippen LogP contribution is -2.31. The largest absolute Gasteiger partial charge is 0.359 e. The van der Waals surface area contributed by atoms with Crippen LogP contribution in [0.2, 0.25) is 0 Å². The summed E-state index contributed by atoms with van der Waals surface area (Å²) in [7, 11) is 0. The maximum atomic E-state index is 12.5. The minimum absolute atomic E-state index is 0.0632. The molecular weight excluding hydrogens is 350 g/mol. The molecule has 140 valence electrons. The predicted octanol–water partition coefficient (Wildman–Crippen LogP) is 4.24. The van der Waals surface area contributed by atoms with Crippen molar-refractivity contribution in [2.75, 3.05) is 6.61 Å². The smallest absolute Gasteiger partial charge is 0.246 e. The third-order valence-corrected chi connectivity index (χ3v) is 4.95. The molecular formula is C24H21NO3. The number of hydrogen-bond donors (Lipinski definition) is 1. The molecule has 0 aliphatic heterocycles. The number of carbonyl (C=O) groups is 2. The van der Waals surface area contributed by atoms with E-state index in [4.69, 9.17) is 4.74 Å². The Labute approximate surface area is 164 Å². The van der Waals surface area contributed by atoms with Gasteiger partial charge in [-0.3, -0.25) is 9.59 Å². The summed E-state index contributed by atoms with van der Waals surface area (Å²) in [4.78, 5) is 24.6. The molecule has 0 radical (unpaired) electrons. The number of ketones is 1. The number of Topliss-reactive ketones (excluding diaryl/α,β-unsaturated/α-hetero) is 1. The van der Waals surface area contributed by atoms with E-state index in [0.717, 1.165) is 16.7 Å². The highest BCUT2D eigenvalue weighted by molar-refractivity contribution is 6.01. The first kappa shape index (κ1) is 18.1. The highest BCUT2D eigenvalue weighted by Gasteiger charge is 2.30. The summed E-state index contributed by atoms with van der Waals surface area (Å²) in [6.45, 7) is -0.0820. The molecule has 0 aromatic heterocycles. The average Bonchev–Trinajstić information content (AvgIpc) is 3.05. The topological polar surface area (TPSA) is 55.4 Å². The molecule has 1 aliphatic carbocycles. The second-order valence-corrected chi connectivity index (χ2v) is 6.85. The van der Waals surface area contributed by atoms with Crippen LogP contribution in [0.1, 0.15) is 45.6 Å². The fraction of sp³-hybridized carbons (Fsp3) is 0.167. The lowest BCUT2D eigenvalue weighted by molar-refractivity contribution is -0.127. The molecule has 1 aliphatic rings. The van der Waals surface area contributed by atoms with Gasteiger partial charge in [0.15, 0.2) is 5.78 Å². The first-order chi connectivity index (χ1) is 13.7. The molecule has 0 saturated heterocycles. The fourth-order valence-corrected chi connectivity index (χ4v) is 3.62. The van der Waals surface area contributed by atoms with Crippen molar-refractivity contribution >= 4 is 11.7 Å². The number of carbonyl (C=O) groups excluding carboxylic acids is 2. The molecule has 1 N–H and O–H groups in total. The number of nitrogens with one attached hydrogen (secondary N) is 1. The van der Waals surface area contributed by atoms with Crippen LogP contribution in [0.3, 0.4) is 0 Å². The molecule has 4 rings (SSSR count). The van der Waals surface area contributed by atoms with E-state index in [9.17, 15) is 9.59 Å². The fourth-order valence-electron chi connectivity index (χ4n) is 3.62. The van der Waals surface area contributed by atoms with Crippen LogP contribution in [-0.2, 0) is 9.53 Å². The van der Waals surface area contributed by atoms with E-state index in [1.165, 1.54) is 0 Å². The summed E-state index contributed by atoms with van der Waals surface area (Å²) < 4.78 is 6.00. The molecule has 3 aromatic carbocycles. The molecule has 28 heavy (non-hydrogen) atoms. The van der Waals surface area contributed by atoms with E-state index in [2.05, 4.69) is 5.32 Å². The zero-order valence-electron chi connectivity index (χ0n) is 15.4. The Morgan fingerprint density at radius 2 is 1.46 bits per heavy atom. The Bertz CT molecular complexity index is 930. The van der Waals surface area contributed by atoms with Gasteiger partial charge >= 0.3 is 0 Å². The minimum Gasteiger partial charge on any atom is -0.359 e. The zero-order chi connectivity index (χ0) is 19.3. The second-order valence-electron chi connectivity index (χ2n) is 6.85. The number of benzene rings is 3. The molecule has 0 heterocycles. The summed E-state index contributed by atoms with van der Waals surface area (Å²) in [6.07, 6.45) is -0.0306. The first-order valence-electron chi connectivity index (χ1n) is 9.35. The van der Waals surface area contributed by atoms with Crippen molar-refractivity contribution in [3.63, 3.8) is 0 Å². The average molecular weight is 371 g/mol. The van der Waals surface area contributed by atoms with Gasteiger partial charge in [-0.1, -0.05) is 84.9 Å². The van der Waals surface area contributed by atoms with Crippen LogP contribution in [0.5, 0.6) is 0 Å². The lowest BCUT2D eigenvalue weighted by Gasteiger charge is -2.20. The summed E-state index contributed by atoms with van der Waals surface area (Å²) in [5.74, 6) is -0.167. The number of fused-ring (bicyclic) bond motifs is 1. The molecule has 1 atom stereocenters. The molecule has 3 aromatic rings. The molecule has 0 fully saturated rings. The van der Waals surface area contributed by atoms with E-state index in [-0.39, 0.29) is 30.4 Å². The van der Waals surface area contributed by atoms with Gasteiger partial charge in [0, 0.05) is 12.0 Å². The van der Waals surface area contributed by atoms with Gasteiger partial charge in [-0.2, -0.15) is 0 Å². The van der Waals surface area contributed by atoms with Crippen LogP contribution in [0.4, 0.5) is 0 Å². The Morgan fingerprint density at radius 3 is 2.11 bits per heavy atom. The molecule has 0 spiro atoms. The normalized spacial score (nSPS) is 15.5. The van der Waals surface area contributed by atoms with Crippen molar-refractivity contribution in [2.45, 2.75) is 18.6 Å². The molecule has 4 heteroatoms. The minimum atomic E-state index is -0.328. The monoisotopic (exact) mass is 371 g/mol. The predicted molar refractivity (Wildman–Crippen MR) is 107 cm³/mol. The van der Waals surface area contributed by atoms with Crippen molar-refractivity contribution in [3.8, 4) is 0 Å². The van der Waals surface area contributed by atoms with Gasteiger partial charge < -0.3 is 10.1 Å². The lowest BCUT2D eigenvalue weighted by atomic mass is 10.0. The van der Waals surface area contributed by atoms with Gasteiger partial charge in [0.05, 0.1) is 6.04 Å². The summed E-state index contributed by atoms with van der Waals surface area (Å²) in [5, 5.41) is 2.94. The van der Waals surface area contributed by atoms with Gasteiger partial charge in [0.25, 0.3) is 0 Å². The van der Waals surface area contributed by atoms with Crippen LogP contribution in [-0.4, -0.2) is 18.3 Å². The number of rotatable bonds is 6. The highest BCUT2D eigenvalue weighted by Crippen LogP contribution is 2.31. The molecule has 0 unspecified atom stereocenters. The van der Waals surface area contributed by atoms with Crippen LogP contribution in [0.25, 0.3) is 0 Å². The van der Waals surface area contributed by atoms with Crippen LogP contribution >= 0.6 is 0 Å². The van der Waals surface area contributed by atoms with Crippen LogP contribution in [0, 0.1) is 0 Å². The quantitative estimate of drug-likeness (QED) is 0.705. The number of hydrogen-bond acceptors (Lipinski definition) is 3. The van der Waals surface area contributed by atoms with E-state index >= 15 is 0 Å². The summed E-state index contributed by atoms with van der Waals surface area (Å²) in [6, 6.07) is 26.8. The van der Waals surface area contributed by atoms with Gasteiger partial charge in [0.1, 0.15) is 12.7 Å². The van der Waals surface area contributed by atoms with Crippen molar-refractivity contribution in [2.24, 2.45) is 0 Å². The van der Waals surface area contributed by atoms with E-state index in [0.29, 0.717) is 12.0 Å². The molecule has 1 amide bonds. The zero-order valence-corrected chi connectivity index (χ0v) is 15.4. The maximum absolute atomic E-state index is 12.5. The second kappa shape index (κ2) is 8.19. The third-order valence-electron chi connectivity index (χ3n) is 4.95. The standard InChI is InChI=1S/C24H21NO3/c26-22-15-21(19-13-7-8-14-20(19)22)25-23(27)16-28-24(17-9-3-1-4-10-17)18-11-5-2-6-12-18/h1-14,21,24H,15-16H2,(H,25,27)/t21-/m0/s1. The highest BCUT2D eigenvalue weighted by atomic mass is 16.5. The van der Waals surface area contributed by atoms with Crippen molar-refractivity contribution in [3.05, 3.63) is 107 Å². The van der Waals surface area contributed by atoms with Crippen LogP contribution in [0.15, 0.2) is 84.9 Å². The molecule has 0 bridgehead atoms. The SMILES string of the molecule is O=C(COC(c1ccccc1)c1ccccc1)N[C@H]1CC(=O)c2ccccc21. The van der Waals surface area contributed by atoms with Gasteiger partial charge in [-0.25, -0.2) is 0 Å². The Kier molecular flexibility index (Phi) is 5.31. The Balaban J connectivity index is 1.45. The third kappa shape index (κ3) is 3.87. The Hall–Kier alpha value is -3.24. The van der Waals surface area contributed by atoms with Crippen molar-refractivity contribution in [1.29, 1.82) is 0 Å². The van der Waals surface area contributed by atoms with E-state index in [1.54, 1.807) is 6.07 Å². The van der Waals surface area contributed by atoms with Gasteiger partial charge in [0.2, 0.25) is 5.91 Å². The molecule has 4 nitrogen and oxygen atoms in total. The van der Waals surface area contributed by atoms with Crippen molar-refractivity contribution in [1.82, 2.24) is 5.32 Å². The number of amides is 1. The maximum Gasteiger partial charge on any atom is 0.246 e. The summed E-state index contributed by atoms with van der Waals surface area (Å²) >= 11 is 0. The number of ether oxygens (including phenoxy) is 1. The van der Waals surface area contributed by atoms with Crippen LogP contribution < -0.4 is 5.32 Å². The Morgan fingerprint density at radius 1 is 0.893 bits per heavy atom.